The van der Waals surface area contributed by atoms with Gasteiger partial charge in [-0.25, -0.2) is 0 Å². The van der Waals surface area contributed by atoms with Gasteiger partial charge < -0.3 is 4.74 Å². The van der Waals surface area contributed by atoms with E-state index in [4.69, 9.17) is 4.74 Å². The van der Waals surface area contributed by atoms with Crippen LogP contribution >= 0.6 is 0 Å². The molecule has 2 rings (SSSR count). The summed E-state index contributed by atoms with van der Waals surface area (Å²) in [5.74, 6) is 0. The second-order valence-corrected chi connectivity index (χ2v) is 6.71. The van der Waals surface area contributed by atoms with E-state index in [-0.39, 0.29) is 0 Å². The summed E-state index contributed by atoms with van der Waals surface area (Å²) in [4.78, 5) is 0. The molecule has 0 aromatic heterocycles. The molecule has 0 saturated carbocycles. The molecule has 0 atom stereocenters. The maximum Gasteiger partial charge on any atom is 0.0873 e. The van der Waals surface area contributed by atoms with Crippen LogP contribution in [0.25, 0.3) is 16.3 Å². The molecule has 0 aliphatic rings. The number of hydrogen-bond donors (Lipinski definition) is 0. The third kappa shape index (κ3) is 6.39. The molecule has 0 spiro atoms. The number of benzene rings is 2. The van der Waals surface area contributed by atoms with Gasteiger partial charge in [0.2, 0.25) is 0 Å². The second-order valence-electron chi connectivity index (χ2n) is 6.71. The number of hydrogen-bond acceptors (Lipinski definition) is 1. The summed E-state index contributed by atoms with van der Waals surface area (Å²) in [5, 5.41) is 2.57. The van der Waals surface area contributed by atoms with Gasteiger partial charge in [-0.05, 0) is 41.3 Å². The number of fused-ring (bicyclic) bond motifs is 1. The van der Waals surface area contributed by atoms with Crippen molar-refractivity contribution >= 4 is 16.3 Å². The number of allylic oxidation sites excluding steroid dienone is 1. The molecular weight excluding hydrogens is 292 g/mol. The molecule has 0 bridgehead atoms. The van der Waals surface area contributed by atoms with Crippen LogP contribution in [0.3, 0.4) is 0 Å². The van der Waals surface area contributed by atoms with Crippen LogP contribution in [0.15, 0.2) is 48.7 Å². The highest BCUT2D eigenvalue weighted by Crippen LogP contribution is 2.21. The quantitative estimate of drug-likeness (QED) is 0.310. The van der Waals surface area contributed by atoms with Crippen LogP contribution in [0.1, 0.15) is 70.8 Å². The van der Waals surface area contributed by atoms with E-state index in [1.807, 2.05) is 6.26 Å². The summed E-state index contributed by atoms with van der Waals surface area (Å²) in [6.07, 6.45) is 12.6. The molecule has 0 saturated heterocycles. The van der Waals surface area contributed by atoms with E-state index >= 15 is 0 Å². The number of rotatable bonds is 11. The Morgan fingerprint density at radius 3 is 2.25 bits per heavy atom. The van der Waals surface area contributed by atoms with E-state index in [9.17, 15) is 0 Å². The van der Waals surface area contributed by atoms with E-state index in [1.165, 1.54) is 66.9 Å². The Bertz CT molecular complexity index is 627. The molecule has 0 N–H and O–H groups in total. The molecule has 0 unspecified atom stereocenters. The van der Waals surface area contributed by atoms with Crippen LogP contribution in [-0.4, -0.2) is 6.61 Å². The maximum atomic E-state index is 5.74. The first-order chi connectivity index (χ1) is 11.8. The van der Waals surface area contributed by atoms with Gasteiger partial charge in [0.15, 0.2) is 0 Å². The normalized spacial score (nSPS) is 11.8. The average molecular weight is 325 g/mol. The van der Waals surface area contributed by atoms with Gasteiger partial charge in [-0.1, -0.05) is 88.3 Å². The standard InChI is InChI=1S/C23H32O/c1-3-4-5-6-7-8-9-12-17-24-19-20(2)22-16-15-21-13-10-11-14-23(21)18-22/h10-11,13-16,18-19H,3-9,12,17H2,1-2H3/b20-19+. The zero-order chi connectivity index (χ0) is 17.0. The summed E-state index contributed by atoms with van der Waals surface area (Å²) in [5.41, 5.74) is 2.44. The maximum absolute atomic E-state index is 5.74. The molecule has 0 aliphatic carbocycles. The van der Waals surface area contributed by atoms with Crippen molar-refractivity contribution in [2.24, 2.45) is 0 Å². The Kier molecular flexibility index (Phi) is 8.45. The van der Waals surface area contributed by atoms with Crippen molar-refractivity contribution in [1.29, 1.82) is 0 Å². The van der Waals surface area contributed by atoms with Crippen molar-refractivity contribution < 1.29 is 4.74 Å². The van der Waals surface area contributed by atoms with E-state index in [0.717, 1.165) is 13.0 Å². The van der Waals surface area contributed by atoms with Crippen molar-refractivity contribution in [3.63, 3.8) is 0 Å². The van der Waals surface area contributed by atoms with E-state index in [1.54, 1.807) is 0 Å². The van der Waals surface area contributed by atoms with Crippen LogP contribution in [0, 0.1) is 0 Å². The molecule has 0 amide bonds. The third-order valence-electron chi connectivity index (χ3n) is 4.58. The lowest BCUT2D eigenvalue weighted by atomic mass is 10.0. The van der Waals surface area contributed by atoms with Gasteiger partial charge in [-0.15, -0.1) is 0 Å². The predicted molar refractivity (Wildman–Crippen MR) is 106 cm³/mol. The van der Waals surface area contributed by atoms with Crippen molar-refractivity contribution in [1.82, 2.24) is 0 Å². The molecule has 1 heteroatoms. The lowest BCUT2D eigenvalue weighted by Gasteiger charge is -2.06. The highest BCUT2D eigenvalue weighted by Gasteiger charge is 1.99. The summed E-state index contributed by atoms with van der Waals surface area (Å²) >= 11 is 0. The van der Waals surface area contributed by atoms with Gasteiger partial charge in [0, 0.05) is 0 Å². The zero-order valence-corrected chi connectivity index (χ0v) is 15.4. The third-order valence-corrected chi connectivity index (χ3v) is 4.58. The largest absolute Gasteiger partial charge is 0.501 e. The summed E-state index contributed by atoms with van der Waals surface area (Å²) in [7, 11) is 0. The first-order valence-electron chi connectivity index (χ1n) is 9.59. The molecule has 0 radical (unpaired) electrons. The Hall–Kier alpha value is -1.76. The van der Waals surface area contributed by atoms with Crippen LogP contribution in [0.5, 0.6) is 0 Å². The lowest BCUT2D eigenvalue weighted by molar-refractivity contribution is 0.241. The Balaban J connectivity index is 1.66. The van der Waals surface area contributed by atoms with E-state index < -0.39 is 0 Å². The molecule has 1 nitrogen and oxygen atoms in total. The fraction of sp³-hybridized carbons (Fsp3) is 0.478. The number of ether oxygens (including phenoxy) is 1. The number of unbranched alkanes of at least 4 members (excludes halogenated alkanes) is 7. The smallest absolute Gasteiger partial charge is 0.0873 e. The van der Waals surface area contributed by atoms with Gasteiger partial charge in [0.25, 0.3) is 0 Å². The van der Waals surface area contributed by atoms with Crippen LogP contribution < -0.4 is 0 Å². The van der Waals surface area contributed by atoms with Gasteiger partial charge in [0.1, 0.15) is 0 Å². The Morgan fingerprint density at radius 2 is 1.50 bits per heavy atom. The fourth-order valence-electron chi connectivity index (χ4n) is 3.01. The summed E-state index contributed by atoms with van der Waals surface area (Å²) in [6, 6.07) is 15.1. The van der Waals surface area contributed by atoms with Gasteiger partial charge >= 0.3 is 0 Å². The van der Waals surface area contributed by atoms with Crippen LogP contribution in [-0.2, 0) is 4.74 Å². The highest BCUT2D eigenvalue weighted by molar-refractivity contribution is 5.85. The van der Waals surface area contributed by atoms with E-state index in [2.05, 4.69) is 56.3 Å². The minimum Gasteiger partial charge on any atom is -0.501 e. The summed E-state index contributed by atoms with van der Waals surface area (Å²) < 4.78 is 5.74. The highest BCUT2D eigenvalue weighted by atomic mass is 16.5. The molecule has 24 heavy (non-hydrogen) atoms. The monoisotopic (exact) mass is 324 g/mol. The van der Waals surface area contributed by atoms with Crippen molar-refractivity contribution in [3.05, 3.63) is 54.3 Å². The Morgan fingerprint density at radius 1 is 0.833 bits per heavy atom. The summed E-state index contributed by atoms with van der Waals surface area (Å²) in [6.45, 7) is 5.22. The predicted octanol–water partition coefficient (Wildman–Crippen LogP) is 7.36. The first-order valence-corrected chi connectivity index (χ1v) is 9.59. The van der Waals surface area contributed by atoms with Gasteiger partial charge in [-0.2, -0.15) is 0 Å². The SMILES string of the molecule is CCCCCCCCCCO/C=C(\C)c1ccc2ccccc2c1. The van der Waals surface area contributed by atoms with Crippen molar-refractivity contribution in [2.75, 3.05) is 6.61 Å². The van der Waals surface area contributed by atoms with Crippen LogP contribution in [0.2, 0.25) is 0 Å². The molecule has 0 heterocycles. The fourth-order valence-corrected chi connectivity index (χ4v) is 3.01. The van der Waals surface area contributed by atoms with Crippen molar-refractivity contribution in [3.8, 4) is 0 Å². The topological polar surface area (TPSA) is 9.23 Å². The van der Waals surface area contributed by atoms with Crippen LogP contribution in [0.4, 0.5) is 0 Å². The van der Waals surface area contributed by atoms with Gasteiger partial charge in [-0.3, -0.25) is 0 Å². The lowest BCUT2D eigenvalue weighted by Crippen LogP contribution is -1.90. The first kappa shape index (κ1) is 18.6. The molecule has 130 valence electrons. The van der Waals surface area contributed by atoms with Gasteiger partial charge in [0.05, 0.1) is 12.9 Å². The Labute approximate surface area is 147 Å². The molecular formula is C23H32O. The van der Waals surface area contributed by atoms with Crippen molar-refractivity contribution in [2.45, 2.75) is 65.2 Å². The molecule has 0 fully saturated rings. The van der Waals surface area contributed by atoms with E-state index in [0.29, 0.717) is 0 Å². The molecule has 0 aliphatic heterocycles. The molecule has 2 aromatic carbocycles. The zero-order valence-electron chi connectivity index (χ0n) is 15.4. The molecule has 2 aromatic rings. The average Bonchev–Trinajstić information content (AvgIpc) is 2.62. The minimum absolute atomic E-state index is 0.833. The second kappa shape index (κ2) is 10.9. The minimum atomic E-state index is 0.833.